The molecule has 0 radical (unpaired) electrons. The van der Waals surface area contributed by atoms with Crippen molar-refractivity contribution in [3.63, 3.8) is 0 Å². The van der Waals surface area contributed by atoms with E-state index in [1.165, 1.54) is 6.20 Å². The average Bonchev–Trinajstić information content (AvgIpc) is 3.11. The van der Waals surface area contributed by atoms with Crippen molar-refractivity contribution in [3.05, 3.63) is 36.0 Å². The third-order valence-corrected chi connectivity index (χ3v) is 6.14. The normalized spacial score (nSPS) is 25.0. The van der Waals surface area contributed by atoms with Crippen LogP contribution in [-0.4, -0.2) is 43.1 Å². The van der Waals surface area contributed by atoms with Crippen molar-refractivity contribution in [1.82, 2.24) is 15.6 Å². The molecule has 1 unspecified atom stereocenters. The monoisotopic (exact) mass is 420 g/mol. The van der Waals surface area contributed by atoms with Crippen molar-refractivity contribution in [2.75, 3.05) is 31.1 Å². The summed E-state index contributed by atoms with van der Waals surface area (Å²) < 4.78 is 40.3. The predicted molar refractivity (Wildman–Crippen MR) is 110 cm³/mol. The number of halogens is 3. The number of anilines is 1. The van der Waals surface area contributed by atoms with Gasteiger partial charge in [0.2, 0.25) is 5.91 Å². The van der Waals surface area contributed by atoms with Crippen LogP contribution in [0.25, 0.3) is 10.9 Å². The number of aromatic nitrogens is 1. The summed E-state index contributed by atoms with van der Waals surface area (Å²) in [6.07, 6.45) is -0.326. The summed E-state index contributed by atoms with van der Waals surface area (Å²) in [6, 6.07) is 6.34. The van der Waals surface area contributed by atoms with Gasteiger partial charge in [0, 0.05) is 48.9 Å². The number of piperidine rings is 1. The smallest absolute Gasteiger partial charge is 0.369 e. The molecule has 2 aliphatic rings. The number of nitrogens with zero attached hydrogens (tertiary/aromatic N) is 2. The van der Waals surface area contributed by atoms with Crippen molar-refractivity contribution >= 4 is 22.5 Å². The summed E-state index contributed by atoms with van der Waals surface area (Å²) in [6.45, 7) is 5.19. The molecule has 0 spiro atoms. The van der Waals surface area contributed by atoms with Gasteiger partial charge in [-0.2, -0.15) is 13.2 Å². The van der Waals surface area contributed by atoms with E-state index in [4.69, 9.17) is 0 Å². The largest absolute Gasteiger partial charge is 0.418 e. The van der Waals surface area contributed by atoms with Crippen molar-refractivity contribution in [1.29, 1.82) is 0 Å². The van der Waals surface area contributed by atoms with E-state index in [0.717, 1.165) is 57.2 Å². The van der Waals surface area contributed by atoms with Crippen LogP contribution in [-0.2, 0) is 11.0 Å². The zero-order valence-corrected chi connectivity index (χ0v) is 17.0. The summed E-state index contributed by atoms with van der Waals surface area (Å²) in [5, 5.41) is 6.96. The Labute approximate surface area is 174 Å². The Bertz CT molecular complexity index is 917. The van der Waals surface area contributed by atoms with Crippen LogP contribution >= 0.6 is 0 Å². The molecule has 3 heterocycles. The predicted octanol–water partition coefficient (Wildman–Crippen LogP) is 3.58. The third kappa shape index (κ3) is 4.38. The van der Waals surface area contributed by atoms with E-state index in [0.29, 0.717) is 11.3 Å². The van der Waals surface area contributed by atoms with E-state index in [2.05, 4.69) is 27.4 Å². The van der Waals surface area contributed by atoms with Gasteiger partial charge in [0.25, 0.3) is 0 Å². The van der Waals surface area contributed by atoms with E-state index in [1.54, 1.807) is 18.2 Å². The van der Waals surface area contributed by atoms with Gasteiger partial charge in [-0.15, -0.1) is 0 Å². The van der Waals surface area contributed by atoms with E-state index < -0.39 is 11.7 Å². The van der Waals surface area contributed by atoms with Crippen LogP contribution < -0.4 is 15.5 Å². The molecular weight excluding hydrogens is 393 g/mol. The zero-order valence-electron chi connectivity index (χ0n) is 17.0. The van der Waals surface area contributed by atoms with Gasteiger partial charge in [-0.05, 0) is 56.0 Å². The third-order valence-electron chi connectivity index (χ3n) is 6.14. The van der Waals surface area contributed by atoms with Crippen LogP contribution in [0.1, 0.15) is 31.7 Å². The van der Waals surface area contributed by atoms with Crippen molar-refractivity contribution in [2.24, 2.45) is 11.8 Å². The van der Waals surface area contributed by atoms with Gasteiger partial charge in [-0.3, -0.25) is 9.78 Å². The van der Waals surface area contributed by atoms with Crippen molar-refractivity contribution < 1.29 is 18.0 Å². The van der Waals surface area contributed by atoms with Gasteiger partial charge in [0.15, 0.2) is 0 Å². The summed E-state index contributed by atoms with van der Waals surface area (Å²) in [7, 11) is 0. The minimum atomic E-state index is -4.43. The summed E-state index contributed by atoms with van der Waals surface area (Å²) in [4.78, 5) is 17.9. The first-order valence-corrected chi connectivity index (χ1v) is 10.5. The maximum atomic E-state index is 13.4. The zero-order chi connectivity index (χ0) is 21.3. The fourth-order valence-corrected chi connectivity index (χ4v) is 4.74. The quantitative estimate of drug-likeness (QED) is 0.776. The van der Waals surface area contributed by atoms with Gasteiger partial charge in [-0.25, -0.2) is 0 Å². The number of carbonyl (C=O) groups is 1. The minimum Gasteiger partial charge on any atom is -0.369 e. The number of fused-ring (bicyclic) bond motifs is 1. The van der Waals surface area contributed by atoms with Gasteiger partial charge in [-0.1, -0.05) is 6.92 Å². The highest BCUT2D eigenvalue weighted by Crippen LogP contribution is 2.38. The van der Waals surface area contributed by atoms with E-state index in [1.807, 2.05) is 0 Å². The highest BCUT2D eigenvalue weighted by Gasteiger charge is 2.35. The Balaban J connectivity index is 1.50. The first kappa shape index (κ1) is 20.9. The van der Waals surface area contributed by atoms with Crippen molar-refractivity contribution in [3.8, 4) is 0 Å². The minimum absolute atomic E-state index is 0.00233. The maximum absolute atomic E-state index is 13.4. The molecule has 3 atom stereocenters. The summed E-state index contributed by atoms with van der Waals surface area (Å²) in [5.74, 6) is 0.624. The number of nitrogens with one attached hydrogen (secondary N) is 2. The van der Waals surface area contributed by atoms with Crippen LogP contribution in [0.4, 0.5) is 18.9 Å². The standard InChI is InChI=1S/C22H27F3N4O/c1-14-11-16(26-9-6-15-7-10-28-21(15)30)13-29(12-14)19-5-4-18(22(23,24)25)20-17(19)3-2-8-27-20/h2-5,8,14-16,26H,6-7,9-13H2,1H3,(H,28,30)/t14-,15?,16+/m1/s1. The molecule has 2 aromatic rings. The fourth-order valence-electron chi connectivity index (χ4n) is 4.74. The van der Waals surface area contributed by atoms with Crippen LogP contribution in [0.2, 0.25) is 0 Å². The lowest BCUT2D eigenvalue weighted by atomic mass is 9.94. The molecule has 2 saturated heterocycles. The number of alkyl halides is 3. The summed E-state index contributed by atoms with van der Waals surface area (Å²) in [5.41, 5.74) is 0.0912. The first-order chi connectivity index (χ1) is 14.3. The molecular formula is C22H27F3N4O. The second kappa shape index (κ2) is 8.41. The molecule has 2 aliphatic heterocycles. The molecule has 4 rings (SSSR count). The number of amides is 1. The molecule has 1 aromatic carbocycles. The highest BCUT2D eigenvalue weighted by molar-refractivity contribution is 5.94. The Morgan fingerprint density at radius 3 is 2.83 bits per heavy atom. The second-order valence-corrected chi connectivity index (χ2v) is 8.49. The lowest BCUT2D eigenvalue weighted by Gasteiger charge is -2.39. The molecule has 30 heavy (non-hydrogen) atoms. The topological polar surface area (TPSA) is 57.3 Å². The lowest BCUT2D eigenvalue weighted by molar-refractivity contribution is -0.136. The Kier molecular flexibility index (Phi) is 5.86. The number of benzene rings is 1. The number of pyridine rings is 1. The van der Waals surface area contributed by atoms with Gasteiger partial charge < -0.3 is 15.5 Å². The second-order valence-electron chi connectivity index (χ2n) is 8.49. The molecule has 2 fully saturated rings. The Hall–Kier alpha value is -2.35. The van der Waals surface area contributed by atoms with Gasteiger partial charge in [0.1, 0.15) is 0 Å². The van der Waals surface area contributed by atoms with Crippen molar-refractivity contribution in [2.45, 2.75) is 38.4 Å². The lowest BCUT2D eigenvalue weighted by Crippen LogP contribution is -2.49. The molecule has 1 aromatic heterocycles. The number of hydrogen-bond donors (Lipinski definition) is 2. The van der Waals surface area contributed by atoms with Gasteiger partial charge in [0.05, 0.1) is 11.1 Å². The average molecular weight is 420 g/mol. The molecule has 1 amide bonds. The molecule has 0 aliphatic carbocycles. The van der Waals surface area contributed by atoms with Crippen LogP contribution in [0.15, 0.2) is 30.5 Å². The number of rotatable bonds is 5. The van der Waals surface area contributed by atoms with Crippen LogP contribution in [0.3, 0.4) is 0 Å². The highest BCUT2D eigenvalue weighted by atomic mass is 19.4. The molecule has 0 saturated carbocycles. The Morgan fingerprint density at radius 1 is 1.27 bits per heavy atom. The molecule has 162 valence electrons. The first-order valence-electron chi connectivity index (χ1n) is 10.5. The maximum Gasteiger partial charge on any atom is 0.418 e. The number of hydrogen-bond acceptors (Lipinski definition) is 4. The van der Waals surface area contributed by atoms with Crippen LogP contribution in [0.5, 0.6) is 0 Å². The summed E-state index contributed by atoms with van der Waals surface area (Å²) >= 11 is 0. The SMILES string of the molecule is C[C@@H]1C[C@H](NCCC2CCNC2=O)CN(c2ccc(C(F)(F)F)c3ncccc23)C1. The van der Waals surface area contributed by atoms with E-state index in [-0.39, 0.29) is 23.4 Å². The Morgan fingerprint density at radius 2 is 2.10 bits per heavy atom. The van der Waals surface area contributed by atoms with Crippen LogP contribution in [0, 0.1) is 11.8 Å². The van der Waals surface area contributed by atoms with E-state index >= 15 is 0 Å². The fraction of sp³-hybridized carbons (Fsp3) is 0.545. The van der Waals surface area contributed by atoms with E-state index in [9.17, 15) is 18.0 Å². The van der Waals surface area contributed by atoms with Gasteiger partial charge >= 0.3 is 6.18 Å². The molecule has 0 bridgehead atoms. The molecule has 8 heteroatoms. The number of carbonyl (C=O) groups excluding carboxylic acids is 1. The molecule has 2 N–H and O–H groups in total. The molecule has 5 nitrogen and oxygen atoms in total.